The standard InChI is InChI=1S/C18H20N6O3S/c1-2-15-19-13(12-28-15)11-21-7-9-22(10-8-21)17-16(24(26)27)18(25)23-6-4-3-5-14(23)20-17/h3-6,12H,2,7-11H2,1H3. The minimum Gasteiger partial charge on any atom is -0.348 e. The zero-order valence-electron chi connectivity index (χ0n) is 15.4. The largest absolute Gasteiger partial charge is 0.376 e. The van der Waals surface area contributed by atoms with Gasteiger partial charge in [-0.2, -0.15) is 0 Å². The molecule has 0 spiro atoms. The third-order valence-corrected chi connectivity index (χ3v) is 5.88. The van der Waals surface area contributed by atoms with E-state index in [1.165, 1.54) is 10.6 Å². The van der Waals surface area contributed by atoms with E-state index in [2.05, 4.69) is 27.2 Å². The number of hydrogen-bond acceptors (Lipinski definition) is 8. The second kappa shape index (κ2) is 7.64. The first-order valence-electron chi connectivity index (χ1n) is 9.13. The van der Waals surface area contributed by atoms with Crippen LogP contribution in [0.5, 0.6) is 0 Å². The van der Waals surface area contributed by atoms with E-state index in [1.54, 1.807) is 29.5 Å². The van der Waals surface area contributed by atoms with Crippen molar-refractivity contribution in [1.29, 1.82) is 0 Å². The van der Waals surface area contributed by atoms with Crippen molar-refractivity contribution >= 4 is 28.5 Å². The second-order valence-corrected chi connectivity index (χ2v) is 7.57. The number of piperazine rings is 1. The Hall–Kier alpha value is -2.85. The van der Waals surface area contributed by atoms with E-state index in [1.807, 2.05) is 4.90 Å². The number of hydrogen-bond donors (Lipinski definition) is 0. The maximum Gasteiger partial charge on any atom is 0.376 e. The topological polar surface area (TPSA) is 96.9 Å². The molecule has 1 fully saturated rings. The van der Waals surface area contributed by atoms with Gasteiger partial charge in [-0.3, -0.25) is 24.2 Å². The Balaban J connectivity index is 1.55. The van der Waals surface area contributed by atoms with Gasteiger partial charge in [0.2, 0.25) is 5.82 Å². The van der Waals surface area contributed by atoms with Crippen LogP contribution in [-0.4, -0.2) is 50.4 Å². The van der Waals surface area contributed by atoms with E-state index in [4.69, 9.17) is 0 Å². The molecule has 0 aromatic carbocycles. The highest BCUT2D eigenvalue weighted by atomic mass is 32.1. The average Bonchev–Trinajstić information content (AvgIpc) is 3.16. The molecule has 0 radical (unpaired) electrons. The molecule has 1 aliphatic heterocycles. The normalized spacial score (nSPS) is 15.2. The summed E-state index contributed by atoms with van der Waals surface area (Å²) in [6.07, 6.45) is 2.43. The molecule has 1 saturated heterocycles. The van der Waals surface area contributed by atoms with Crippen LogP contribution >= 0.6 is 11.3 Å². The van der Waals surface area contributed by atoms with E-state index in [0.717, 1.165) is 36.8 Å². The summed E-state index contributed by atoms with van der Waals surface area (Å²) in [5.41, 5.74) is 0.347. The summed E-state index contributed by atoms with van der Waals surface area (Å²) in [5.74, 6) is 0.155. The Bertz CT molecular complexity index is 1070. The molecule has 1 aliphatic rings. The lowest BCUT2D eigenvalue weighted by Crippen LogP contribution is -2.47. The van der Waals surface area contributed by atoms with Gasteiger partial charge in [0.15, 0.2) is 0 Å². The number of rotatable bonds is 5. The van der Waals surface area contributed by atoms with Crippen LogP contribution in [0.4, 0.5) is 11.5 Å². The van der Waals surface area contributed by atoms with Gasteiger partial charge in [0.1, 0.15) is 5.65 Å². The van der Waals surface area contributed by atoms with Crippen molar-refractivity contribution in [3.8, 4) is 0 Å². The van der Waals surface area contributed by atoms with Crippen LogP contribution in [0.1, 0.15) is 17.6 Å². The Morgan fingerprint density at radius 3 is 2.68 bits per heavy atom. The highest BCUT2D eigenvalue weighted by molar-refractivity contribution is 7.09. The van der Waals surface area contributed by atoms with Crippen molar-refractivity contribution in [1.82, 2.24) is 19.3 Å². The summed E-state index contributed by atoms with van der Waals surface area (Å²) < 4.78 is 1.21. The van der Waals surface area contributed by atoms with Gasteiger partial charge in [-0.15, -0.1) is 11.3 Å². The number of fused-ring (bicyclic) bond motifs is 1. The molecule has 4 rings (SSSR count). The SMILES string of the molecule is CCc1nc(CN2CCN(c3nc4ccccn4c(=O)c3[N+](=O)[O-])CC2)cs1. The fraction of sp³-hybridized carbons (Fsp3) is 0.389. The number of nitro groups is 1. The number of aryl methyl sites for hydroxylation is 1. The van der Waals surface area contributed by atoms with Crippen LogP contribution < -0.4 is 10.5 Å². The van der Waals surface area contributed by atoms with Gasteiger partial charge < -0.3 is 4.90 Å². The average molecular weight is 400 g/mol. The van der Waals surface area contributed by atoms with E-state index in [9.17, 15) is 14.9 Å². The summed E-state index contributed by atoms with van der Waals surface area (Å²) >= 11 is 1.67. The molecule has 4 heterocycles. The van der Waals surface area contributed by atoms with Crippen LogP contribution in [0.3, 0.4) is 0 Å². The van der Waals surface area contributed by atoms with Crippen LogP contribution in [-0.2, 0) is 13.0 Å². The van der Waals surface area contributed by atoms with Crippen molar-refractivity contribution < 1.29 is 4.92 Å². The van der Waals surface area contributed by atoms with E-state index in [-0.39, 0.29) is 5.82 Å². The van der Waals surface area contributed by atoms with E-state index >= 15 is 0 Å². The lowest BCUT2D eigenvalue weighted by atomic mass is 10.2. The van der Waals surface area contributed by atoms with Crippen LogP contribution in [0.25, 0.3) is 5.65 Å². The second-order valence-electron chi connectivity index (χ2n) is 6.62. The van der Waals surface area contributed by atoms with Crippen molar-refractivity contribution in [2.24, 2.45) is 0 Å². The maximum absolute atomic E-state index is 12.6. The fourth-order valence-electron chi connectivity index (χ4n) is 3.38. The first kappa shape index (κ1) is 18.5. The van der Waals surface area contributed by atoms with Gasteiger partial charge >= 0.3 is 11.2 Å². The predicted molar refractivity (Wildman–Crippen MR) is 107 cm³/mol. The first-order chi connectivity index (χ1) is 13.6. The van der Waals surface area contributed by atoms with Gasteiger partial charge in [-0.1, -0.05) is 13.0 Å². The molecule has 3 aromatic rings. The maximum atomic E-state index is 12.6. The van der Waals surface area contributed by atoms with Crippen molar-refractivity contribution in [2.75, 3.05) is 31.1 Å². The van der Waals surface area contributed by atoms with Gasteiger partial charge in [-0.05, 0) is 18.6 Å². The summed E-state index contributed by atoms with van der Waals surface area (Å²) in [5, 5.41) is 14.8. The highest BCUT2D eigenvalue weighted by Gasteiger charge is 2.29. The van der Waals surface area contributed by atoms with Gasteiger partial charge in [-0.25, -0.2) is 9.97 Å². The fourth-order valence-corrected chi connectivity index (χ4v) is 4.12. The lowest BCUT2D eigenvalue weighted by Gasteiger charge is -2.34. The van der Waals surface area contributed by atoms with Crippen LogP contribution in [0.15, 0.2) is 34.6 Å². The van der Waals surface area contributed by atoms with Gasteiger partial charge in [0, 0.05) is 44.3 Å². The van der Waals surface area contributed by atoms with Crippen LogP contribution in [0, 0.1) is 10.1 Å². The molecule has 0 saturated carbocycles. The number of aromatic nitrogens is 3. The van der Waals surface area contributed by atoms with E-state index < -0.39 is 16.2 Å². The summed E-state index contributed by atoms with van der Waals surface area (Å²) in [6, 6.07) is 5.09. The lowest BCUT2D eigenvalue weighted by molar-refractivity contribution is -0.385. The molecule has 28 heavy (non-hydrogen) atoms. The molecule has 0 bridgehead atoms. The molecule has 0 amide bonds. The minimum absolute atomic E-state index is 0.155. The highest BCUT2D eigenvalue weighted by Crippen LogP contribution is 2.24. The molecular weight excluding hydrogens is 380 g/mol. The molecule has 0 unspecified atom stereocenters. The molecule has 3 aromatic heterocycles. The van der Waals surface area contributed by atoms with Crippen molar-refractivity contribution in [3.05, 3.63) is 60.9 Å². The zero-order chi connectivity index (χ0) is 19.7. The van der Waals surface area contributed by atoms with Crippen LogP contribution in [0.2, 0.25) is 0 Å². The third-order valence-electron chi connectivity index (χ3n) is 4.83. The van der Waals surface area contributed by atoms with Crippen molar-refractivity contribution in [2.45, 2.75) is 19.9 Å². The van der Waals surface area contributed by atoms with Gasteiger partial charge in [0.25, 0.3) is 0 Å². The van der Waals surface area contributed by atoms with Crippen molar-refractivity contribution in [3.63, 3.8) is 0 Å². The van der Waals surface area contributed by atoms with Gasteiger partial charge in [0.05, 0.1) is 15.6 Å². The zero-order valence-corrected chi connectivity index (χ0v) is 16.3. The molecule has 0 atom stereocenters. The Morgan fingerprint density at radius 2 is 2.00 bits per heavy atom. The first-order valence-corrected chi connectivity index (χ1v) is 10.0. The molecule has 0 aliphatic carbocycles. The molecule has 10 heteroatoms. The molecule has 0 N–H and O–H groups in total. The number of nitrogens with zero attached hydrogens (tertiary/aromatic N) is 6. The summed E-state index contributed by atoms with van der Waals surface area (Å²) in [7, 11) is 0. The summed E-state index contributed by atoms with van der Waals surface area (Å²) in [4.78, 5) is 36.7. The molecule has 9 nitrogen and oxygen atoms in total. The molecular formula is C18H20N6O3S. The number of anilines is 1. The third kappa shape index (κ3) is 3.48. The predicted octanol–water partition coefficient (Wildman–Crippen LogP) is 1.94. The quantitative estimate of drug-likeness (QED) is 0.477. The number of pyridine rings is 1. The Labute approximate surface area is 165 Å². The Morgan fingerprint density at radius 1 is 1.21 bits per heavy atom. The molecule has 146 valence electrons. The summed E-state index contributed by atoms with van der Waals surface area (Å²) in [6.45, 7) is 5.45. The smallest absolute Gasteiger partial charge is 0.348 e. The minimum atomic E-state index is -0.650. The monoisotopic (exact) mass is 400 g/mol. The number of thiazole rings is 1. The van der Waals surface area contributed by atoms with E-state index in [0.29, 0.717) is 18.7 Å². The Kier molecular flexibility index (Phi) is 5.05.